The number of methoxy groups -OCH3 is 1. The van der Waals surface area contributed by atoms with E-state index >= 15 is 0 Å². The third-order valence-electron chi connectivity index (χ3n) is 6.19. The van der Waals surface area contributed by atoms with Crippen LogP contribution >= 0.6 is 0 Å². The van der Waals surface area contributed by atoms with Crippen LogP contribution in [-0.2, 0) is 0 Å². The molecule has 1 aromatic carbocycles. The monoisotopic (exact) mass is 388 g/mol. The largest absolute Gasteiger partial charge is 0.497 e. The van der Waals surface area contributed by atoms with Gasteiger partial charge in [0.05, 0.1) is 13.2 Å². The summed E-state index contributed by atoms with van der Waals surface area (Å²) in [4.78, 5) is 17.4. The van der Waals surface area contributed by atoms with Crippen LogP contribution in [0.3, 0.4) is 0 Å². The van der Waals surface area contributed by atoms with Crippen molar-refractivity contribution in [1.29, 1.82) is 0 Å². The first-order valence-corrected chi connectivity index (χ1v) is 10.8. The first-order chi connectivity index (χ1) is 13.7. The zero-order valence-corrected chi connectivity index (χ0v) is 17.5. The molecule has 2 fully saturated rings. The summed E-state index contributed by atoms with van der Waals surface area (Å²) in [6, 6.07) is 8.74. The molecule has 1 saturated heterocycles. The number of ether oxygens (including phenoxy) is 1. The Morgan fingerprint density at radius 1 is 1.11 bits per heavy atom. The van der Waals surface area contributed by atoms with Crippen LogP contribution in [0.2, 0.25) is 0 Å². The number of piperazine rings is 1. The highest BCUT2D eigenvalue weighted by atomic mass is 16.5. The lowest BCUT2D eigenvalue weighted by molar-refractivity contribution is 0.0988. The molecule has 6 nitrogen and oxygen atoms in total. The molecule has 2 N–H and O–H groups in total. The molecular weight excluding hydrogens is 352 g/mol. The summed E-state index contributed by atoms with van der Waals surface area (Å²) >= 11 is 0. The summed E-state index contributed by atoms with van der Waals surface area (Å²) in [5, 5.41) is 6.31. The van der Waals surface area contributed by atoms with Crippen molar-refractivity contribution < 1.29 is 9.53 Å². The van der Waals surface area contributed by atoms with Gasteiger partial charge in [0.2, 0.25) is 0 Å². The standard InChI is InChI=1S/C22H36N4O2/c1-3-25-13-15-26(16-14-25)21(18-9-11-20(28-2)12-10-18)17-23-22(27)24-19-7-5-4-6-8-19/h9-12,19,21H,3-8,13-17H2,1-2H3,(H2,23,24,27). The SMILES string of the molecule is CCN1CCN(C(CNC(=O)NC2CCCCC2)c2ccc(OC)cc2)CC1. The second-order valence-electron chi connectivity index (χ2n) is 7.95. The van der Waals surface area contributed by atoms with Crippen LogP contribution in [0.4, 0.5) is 4.79 Å². The van der Waals surface area contributed by atoms with E-state index in [9.17, 15) is 4.79 Å². The van der Waals surface area contributed by atoms with E-state index in [1.165, 1.54) is 24.8 Å². The molecule has 3 rings (SSSR count). The van der Waals surface area contributed by atoms with Gasteiger partial charge in [-0.3, -0.25) is 4.90 Å². The lowest BCUT2D eigenvalue weighted by Crippen LogP contribution is -2.51. The van der Waals surface area contributed by atoms with E-state index in [0.717, 1.165) is 51.3 Å². The number of hydrogen-bond donors (Lipinski definition) is 2. The number of carbonyl (C=O) groups is 1. The van der Waals surface area contributed by atoms with Crippen molar-refractivity contribution in [1.82, 2.24) is 20.4 Å². The highest BCUT2D eigenvalue weighted by Gasteiger charge is 2.25. The van der Waals surface area contributed by atoms with Crippen molar-refractivity contribution in [2.75, 3.05) is 46.4 Å². The molecule has 0 bridgehead atoms. The molecule has 2 amide bonds. The van der Waals surface area contributed by atoms with E-state index in [1.54, 1.807) is 7.11 Å². The van der Waals surface area contributed by atoms with Gasteiger partial charge in [-0.05, 0) is 37.1 Å². The second-order valence-corrected chi connectivity index (χ2v) is 7.95. The topological polar surface area (TPSA) is 56.8 Å². The van der Waals surface area contributed by atoms with Crippen molar-refractivity contribution >= 4 is 6.03 Å². The Balaban J connectivity index is 1.61. The Morgan fingerprint density at radius 3 is 2.39 bits per heavy atom. The molecule has 0 aromatic heterocycles. The smallest absolute Gasteiger partial charge is 0.315 e. The molecule has 156 valence electrons. The Hall–Kier alpha value is -1.79. The summed E-state index contributed by atoms with van der Waals surface area (Å²) in [5.74, 6) is 0.862. The zero-order valence-electron chi connectivity index (χ0n) is 17.5. The number of nitrogens with one attached hydrogen (secondary N) is 2. The molecule has 0 radical (unpaired) electrons. The average Bonchev–Trinajstić information content (AvgIpc) is 2.75. The number of nitrogens with zero attached hydrogens (tertiary/aromatic N) is 2. The Labute approximate surface area is 169 Å². The normalized spacial score (nSPS) is 20.5. The molecule has 6 heteroatoms. The van der Waals surface area contributed by atoms with Gasteiger partial charge in [-0.15, -0.1) is 0 Å². The number of rotatable bonds is 7. The fraction of sp³-hybridized carbons (Fsp3) is 0.682. The van der Waals surface area contributed by atoms with Gasteiger partial charge in [0.15, 0.2) is 0 Å². The van der Waals surface area contributed by atoms with Crippen LogP contribution in [-0.4, -0.2) is 68.3 Å². The quantitative estimate of drug-likeness (QED) is 0.754. The van der Waals surface area contributed by atoms with Crippen molar-refractivity contribution in [3.63, 3.8) is 0 Å². The molecule has 0 spiro atoms. The molecule has 1 unspecified atom stereocenters. The molecule has 1 aliphatic heterocycles. The summed E-state index contributed by atoms with van der Waals surface area (Å²) in [6.07, 6.45) is 5.95. The Morgan fingerprint density at radius 2 is 1.79 bits per heavy atom. The third kappa shape index (κ3) is 5.85. The van der Waals surface area contributed by atoms with E-state index in [4.69, 9.17) is 4.74 Å². The molecular formula is C22H36N4O2. The average molecular weight is 389 g/mol. The van der Waals surface area contributed by atoms with Crippen LogP contribution in [0.25, 0.3) is 0 Å². The molecule has 2 aliphatic rings. The van der Waals surface area contributed by atoms with Crippen molar-refractivity contribution in [3.05, 3.63) is 29.8 Å². The van der Waals surface area contributed by atoms with E-state index in [-0.39, 0.29) is 12.1 Å². The van der Waals surface area contributed by atoms with Crippen LogP contribution in [0.15, 0.2) is 24.3 Å². The second kappa shape index (κ2) is 10.7. The van der Waals surface area contributed by atoms with E-state index < -0.39 is 0 Å². The lowest BCUT2D eigenvalue weighted by atomic mass is 9.96. The number of amides is 2. The number of benzene rings is 1. The molecule has 1 aromatic rings. The maximum atomic E-state index is 12.5. The number of carbonyl (C=O) groups excluding carboxylic acids is 1. The molecule has 1 aliphatic carbocycles. The predicted octanol–water partition coefficient (Wildman–Crippen LogP) is 3.01. The summed E-state index contributed by atoms with van der Waals surface area (Å²) in [5.41, 5.74) is 1.23. The third-order valence-corrected chi connectivity index (χ3v) is 6.19. The van der Waals surface area contributed by atoms with Crippen LogP contribution in [0, 0.1) is 0 Å². The van der Waals surface area contributed by atoms with E-state index in [0.29, 0.717) is 12.6 Å². The lowest BCUT2D eigenvalue weighted by Gasteiger charge is -2.39. The fourth-order valence-electron chi connectivity index (χ4n) is 4.35. The number of likely N-dealkylation sites (N-methyl/N-ethyl adjacent to an activating group) is 1. The van der Waals surface area contributed by atoms with Gasteiger partial charge in [0, 0.05) is 38.8 Å². The molecule has 1 atom stereocenters. The van der Waals surface area contributed by atoms with Gasteiger partial charge in [0.1, 0.15) is 5.75 Å². The van der Waals surface area contributed by atoms with Crippen LogP contribution in [0.1, 0.15) is 50.6 Å². The minimum atomic E-state index is -0.0300. The van der Waals surface area contributed by atoms with Crippen LogP contribution < -0.4 is 15.4 Å². The predicted molar refractivity (Wildman–Crippen MR) is 113 cm³/mol. The fourth-order valence-corrected chi connectivity index (χ4v) is 4.35. The molecule has 28 heavy (non-hydrogen) atoms. The van der Waals surface area contributed by atoms with Gasteiger partial charge in [-0.2, -0.15) is 0 Å². The minimum Gasteiger partial charge on any atom is -0.497 e. The van der Waals surface area contributed by atoms with Gasteiger partial charge in [-0.1, -0.05) is 38.3 Å². The number of urea groups is 1. The van der Waals surface area contributed by atoms with E-state index in [1.807, 2.05) is 12.1 Å². The van der Waals surface area contributed by atoms with Gasteiger partial charge in [0.25, 0.3) is 0 Å². The van der Waals surface area contributed by atoms with Gasteiger partial charge < -0.3 is 20.3 Å². The zero-order chi connectivity index (χ0) is 19.8. The van der Waals surface area contributed by atoms with Crippen molar-refractivity contribution in [2.24, 2.45) is 0 Å². The number of hydrogen-bond acceptors (Lipinski definition) is 4. The maximum absolute atomic E-state index is 12.5. The van der Waals surface area contributed by atoms with E-state index in [2.05, 4.69) is 39.5 Å². The maximum Gasteiger partial charge on any atom is 0.315 e. The highest BCUT2D eigenvalue weighted by Crippen LogP contribution is 2.24. The van der Waals surface area contributed by atoms with Crippen LogP contribution in [0.5, 0.6) is 5.75 Å². The Bertz CT molecular complexity index is 593. The highest BCUT2D eigenvalue weighted by molar-refractivity contribution is 5.74. The Kier molecular flexibility index (Phi) is 7.98. The van der Waals surface area contributed by atoms with Crippen molar-refractivity contribution in [3.8, 4) is 5.75 Å². The first-order valence-electron chi connectivity index (χ1n) is 10.8. The van der Waals surface area contributed by atoms with Gasteiger partial charge >= 0.3 is 6.03 Å². The summed E-state index contributed by atoms with van der Waals surface area (Å²) in [7, 11) is 1.69. The molecule has 1 heterocycles. The van der Waals surface area contributed by atoms with Gasteiger partial charge in [-0.25, -0.2) is 4.79 Å². The van der Waals surface area contributed by atoms with Crippen molar-refractivity contribution in [2.45, 2.75) is 51.1 Å². The minimum absolute atomic E-state index is 0.0300. The molecule has 1 saturated carbocycles. The summed E-state index contributed by atoms with van der Waals surface area (Å²) < 4.78 is 5.31. The first kappa shape index (κ1) is 20.9. The summed E-state index contributed by atoms with van der Waals surface area (Å²) in [6.45, 7) is 8.15.